The summed E-state index contributed by atoms with van der Waals surface area (Å²) in [4.78, 5) is 3.98. The van der Waals surface area contributed by atoms with Crippen molar-refractivity contribution in [2.75, 3.05) is 0 Å². The van der Waals surface area contributed by atoms with Gasteiger partial charge in [0, 0.05) is 14.7 Å². The van der Waals surface area contributed by atoms with E-state index in [1.54, 1.807) is 11.8 Å². The average molecular weight is 226 g/mol. The van der Waals surface area contributed by atoms with E-state index in [4.69, 9.17) is 0 Å². The van der Waals surface area contributed by atoms with Gasteiger partial charge in [-0.2, -0.15) is 0 Å². The Morgan fingerprint density at radius 3 is 2.43 bits per heavy atom. The fourth-order valence-corrected chi connectivity index (χ4v) is 2.53. The summed E-state index contributed by atoms with van der Waals surface area (Å²) in [6, 6.07) is 4.30. The van der Waals surface area contributed by atoms with Gasteiger partial charge in [-0.1, -0.05) is 38.3 Å². The molecule has 0 spiro atoms. The van der Waals surface area contributed by atoms with Crippen LogP contribution in [0, 0.1) is 6.92 Å². The van der Waals surface area contributed by atoms with Crippen LogP contribution in [0.25, 0.3) is 4.91 Å². The maximum Gasteiger partial charge on any atom is 0.0409 e. The van der Waals surface area contributed by atoms with Crippen LogP contribution < -0.4 is 0 Å². The quantitative estimate of drug-likeness (QED) is 0.672. The Morgan fingerprint density at radius 2 is 2.07 bits per heavy atom. The standard InChI is InChI=1S/C10H12S2.C2H6/c1-4-9(11-5-2)10-7-6-8(3)12-10;1-2/h4-7H,2H2,1,3H3;1-2H3/b9-4-;. The van der Waals surface area contributed by atoms with Crippen molar-refractivity contribution in [2.24, 2.45) is 0 Å². The number of rotatable bonds is 3. The smallest absolute Gasteiger partial charge is 0.0409 e. The van der Waals surface area contributed by atoms with E-state index in [0.717, 1.165) is 0 Å². The van der Waals surface area contributed by atoms with E-state index >= 15 is 0 Å². The van der Waals surface area contributed by atoms with E-state index < -0.39 is 0 Å². The maximum atomic E-state index is 3.71. The first kappa shape index (κ1) is 13.5. The number of thioether (sulfide) groups is 1. The number of hydrogen-bond acceptors (Lipinski definition) is 2. The van der Waals surface area contributed by atoms with Crippen molar-refractivity contribution >= 4 is 28.0 Å². The molecule has 0 nitrogen and oxygen atoms in total. The van der Waals surface area contributed by atoms with Crippen LogP contribution in [0.5, 0.6) is 0 Å². The summed E-state index contributed by atoms with van der Waals surface area (Å²) in [5.74, 6) is 0. The molecule has 0 aliphatic heterocycles. The van der Waals surface area contributed by atoms with Crippen LogP contribution in [-0.4, -0.2) is 0 Å². The third-order valence-electron chi connectivity index (χ3n) is 1.46. The van der Waals surface area contributed by atoms with Crippen LogP contribution in [0.4, 0.5) is 0 Å². The van der Waals surface area contributed by atoms with Crippen LogP contribution in [-0.2, 0) is 0 Å². The Morgan fingerprint density at radius 1 is 1.43 bits per heavy atom. The van der Waals surface area contributed by atoms with Gasteiger partial charge in [-0.05, 0) is 31.4 Å². The molecule has 0 atom stereocenters. The molecule has 0 aliphatic rings. The summed E-state index contributed by atoms with van der Waals surface area (Å²) < 4.78 is 0. The molecule has 2 heteroatoms. The van der Waals surface area contributed by atoms with Crippen LogP contribution >= 0.6 is 23.1 Å². The molecule has 0 aliphatic carbocycles. The molecule has 78 valence electrons. The van der Waals surface area contributed by atoms with E-state index in [-0.39, 0.29) is 0 Å². The summed E-state index contributed by atoms with van der Waals surface area (Å²) in [6.45, 7) is 11.9. The Labute approximate surface area is 95.7 Å². The SMILES string of the molecule is C=CS/C(=C\C)c1ccc(C)s1.CC. The lowest BCUT2D eigenvalue weighted by atomic mass is 10.4. The molecule has 1 aromatic heterocycles. The van der Waals surface area contributed by atoms with Crippen molar-refractivity contribution in [1.82, 2.24) is 0 Å². The first-order valence-corrected chi connectivity index (χ1v) is 6.48. The van der Waals surface area contributed by atoms with E-state index in [2.05, 4.69) is 38.6 Å². The van der Waals surface area contributed by atoms with Gasteiger partial charge in [0.15, 0.2) is 0 Å². The second-order valence-electron chi connectivity index (χ2n) is 2.35. The highest BCUT2D eigenvalue weighted by Gasteiger charge is 2.01. The van der Waals surface area contributed by atoms with Gasteiger partial charge in [0.2, 0.25) is 0 Å². The highest BCUT2D eigenvalue weighted by molar-refractivity contribution is 8.11. The molecule has 14 heavy (non-hydrogen) atoms. The van der Waals surface area contributed by atoms with Gasteiger partial charge < -0.3 is 0 Å². The van der Waals surface area contributed by atoms with Gasteiger partial charge in [0.25, 0.3) is 0 Å². The largest absolute Gasteiger partial charge is 0.140 e. The predicted molar refractivity (Wildman–Crippen MR) is 71.8 cm³/mol. The second-order valence-corrected chi connectivity index (χ2v) is 4.64. The Kier molecular flexibility index (Phi) is 7.63. The lowest BCUT2D eigenvalue weighted by molar-refractivity contribution is 1.50. The molecule has 1 heterocycles. The first-order chi connectivity index (χ1) is 6.77. The third-order valence-corrected chi connectivity index (χ3v) is 3.50. The predicted octanol–water partition coefficient (Wildman–Crippen LogP) is 5.32. The summed E-state index contributed by atoms with van der Waals surface area (Å²) in [6.07, 6.45) is 2.12. The van der Waals surface area contributed by atoms with Gasteiger partial charge in [-0.25, -0.2) is 0 Å². The Bertz CT molecular complexity index is 295. The van der Waals surface area contributed by atoms with Crippen molar-refractivity contribution in [2.45, 2.75) is 27.7 Å². The van der Waals surface area contributed by atoms with E-state index in [1.165, 1.54) is 14.7 Å². The number of hydrogen-bond donors (Lipinski definition) is 0. The number of thiophene rings is 1. The molecule has 0 unspecified atom stereocenters. The van der Waals surface area contributed by atoms with E-state index in [1.807, 2.05) is 30.6 Å². The fourth-order valence-electron chi connectivity index (χ4n) is 0.925. The van der Waals surface area contributed by atoms with Gasteiger partial charge in [-0.3, -0.25) is 0 Å². The second kappa shape index (κ2) is 7.89. The Hall–Kier alpha value is -0.470. The van der Waals surface area contributed by atoms with Crippen molar-refractivity contribution < 1.29 is 0 Å². The lowest BCUT2D eigenvalue weighted by Gasteiger charge is -1.97. The number of aryl methyl sites for hydroxylation is 1. The van der Waals surface area contributed by atoms with Crippen LogP contribution in [0.2, 0.25) is 0 Å². The number of allylic oxidation sites excluding steroid dienone is 1. The topological polar surface area (TPSA) is 0 Å². The van der Waals surface area contributed by atoms with E-state index in [0.29, 0.717) is 0 Å². The molecule has 1 aromatic rings. The molecule has 0 saturated carbocycles. The molecular weight excluding hydrogens is 208 g/mol. The molecule has 0 saturated heterocycles. The lowest BCUT2D eigenvalue weighted by Crippen LogP contribution is -1.67. The van der Waals surface area contributed by atoms with Gasteiger partial charge in [-0.15, -0.1) is 11.3 Å². The summed E-state index contributed by atoms with van der Waals surface area (Å²) >= 11 is 3.50. The normalized spacial score (nSPS) is 10.4. The monoisotopic (exact) mass is 226 g/mol. The van der Waals surface area contributed by atoms with Crippen molar-refractivity contribution in [3.8, 4) is 0 Å². The van der Waals surface area contributed by atoms with E-state index in [9.17, 15) is 0 Å². The molecule has 0 radical (unpaired) electrons. The van der Waals surface area contributed by atoms with Crippen molar-refractivity contribution in [3.05, 3.63) is 40.0 Å². The average Bonchev–Trinajstić information content (AvgIpc) is 2.64. The molecule has 0 aromatic carbocycles. The third kappa shape index (κ3) is 4.16. The zero-order valence-corrected chi connectivity index (χ0v) is 11.0. The minimum absolute atomic E-state index is 1.29. The summed E-state index contributed by atoms with van der Waals surface area (Å²) in [7, 11) is 0. The zero-order chi connectivity index (χ0) is 11.0. The van der Waals surface area contributed by atoms with Gasteiger partial charge in [0.05, 0.1) is 0 Å². The summed E-state index contributed by atoms with van der Waals surface area (Å²) in [5.41, 5.74) is 0. The van der Waals surface area contributed by atoms with Crippen molar-refractivity contribution in [3.63, 3.8) is 0 Å². The fraction of sp³-hybridized carbons (Fsp3) is 0.333. The van der Waals surface area contributed by atoms with Crippen LogP contribution in [0.15, 0.2) is 30.2 Å². The molecule has 0 N–H and O–H groups in total. The minimum Gasteiger partial charge on any atom is -0.140 e. The zero-order valence-electron chi connectivity index (χ0n) is 9.33. The minimum atomic E-state index is 1.29. The highest BCUT2D eigenvalue weighted by Crippen LogP contribution is 2.32. The van der Waals surface area contributed by atoms with Gasteiger partial charge >= 0.3 is 0 Å². The molecule has 0 fully saturated rings. The Balaban J connectivity index is 0.000000791. The molecular formula is C12H18S2. The maximum absolute atomic E-state index is 3.71. The summed E-state index contributed by atoms with van der Waals surface area (Å²) in [5, 5.41) is 1.87. The first-order valence-electron chi connectivity index (χ1n) is 4.78. The van der Waals surface area contributed by atoms with Crippen molar-refractivity contribution in [1.29, 1.82) is 0 Å². The molecule has 1 rings (SSSR count). The van der Waals surface area contributed by atoms with Gasteiger partial charge in [0.1, 0.15) is 0 Å². The van der Waals surface area contributed by atoms with Crippen LogP contribution in [0.3, 0.4) is 0 Å². The van der Waals surface area contributed by atoms with Crippen LogP contribution in [0.1, 0.15) is 30.5 Å². The molecule has 0 bridgehead atoms. The molecule has 0 amide bonds. The highest BCUT2D eigenvalue weighted by atomic mass is 32.2.